The van der Waals surface area contributed by atoms with Gasteiger partial charge in [-0.1, -0.05) is 6.07 Å². The maximum absolute atomic E-state index is 4.50. The second kappa shape index (κ2) is 2.83. The van der Waals surface area contributed by atoms with Gasteiger partial charge >= 0.3 is 0 Å². The van der Waals surface area contributed by atoms with E-state index in [1.807, 2.05) is 24.4 Å². The molecule has 2 nitrogen and oxygen atoms in total. The minimum absolute atomic E-state index is 0.0743. The van der Waals surface area contributed by atoms with Crippen molar-refractivity contribution in [2.45, 2.75) is 5.03 Å². The maximum atomic E-state index is 4.50. The molecule has 0 fully saturated rings. The van der Waals surface area contributed by atoms with E-state index in [0.717, 1.165) is 5.65 Å². The van der Waals surface area contributed by atoms with Gasteiger partial charge in [0, 0.05) is 12.4 Å². The Morgan fingerprint density at radius 2 is 2.17 bits per heavy atom. The third-order valence-corrected chi connectivity index (χ3v) is 2.94. The fourth-order valence-electron chi connectivity index (χ4n) is 1.14. The minimum Gasteiger partial charge on any atom is -0.306 e. The number of hydrogen-bond donors (Lipinski definition) is 1. The molecule has 0 radical (unpaired) electrons. The van der Waals surface area contributed by atoms with Crippen LogP contribution in [0, 0.1) is 0 Å². The van der Waals surface area contributed by atoms with Gasteiger partial charge in [-0.15, -0.1) is 0 Å². The molecular formula is C9H12N2S. The van der Waals surface area contributed by atoms with E-state index in [1.165, 1.54) is 5.03 Å². The first-order valence-corrected chi connectivity index (χ1v) is 6.12. The highest BCUT2D eigenvalue weighted by molar-refractivity contribution is 8.15. The molecule has 0 aliphatic heterocycles. The van der Waals surface area contributed by atoms with E-state index >= 15 is 0 Å². The quantitative estimate of drug-likeness (QED) is 0.664. The molecule has 0 amide bonds. The van der Waals surface area contributed by atoms with Gasteiger partial charge in [-0.2, -0.15) is 0 Å². The molecule has 0 bridgehead atoms. The molecule has 0 spiro atoms. The lowest BCUT2D eigenvalue weighted by molar-refractivity contribution is 1.18. The molecule has 64 valence electrons. The van der Waals surface area contributed by atoms with Crippen LogP contribution in [0.15, 0.2) is 35.6 Å². The fraction of sp³-hybridized carbons (Fsp3) is 0.222. The molecule has 0 saturated carbocycles. The highest BCUT2D eigenvalue weighted by Crippen LogP contribution is 2.26. The number of pyridine rings is 1. The number of hydrogen-bond acceptors (Lipinski definition) is 1. The molecule has 0 aliphatic carbocycles. The lowest BCUT2D eigenvalue weighted by Crippen LogP contribution is -1.77. The Bertz CT molecular complexity index is 359. The minimum atomic E-state index is -0.0743. The smallest absolute Gasteiger partial charge is 0.137 e. The lowest BCUT2D eigenvalue weighted by atomic mass is 10.5. The largest absolute Gasteiger partial charge is 0.306 e. The van der Waals surface area contributed by atoms with Crippen LogP contribution in [0.5, 0.6) is 0 Å². The van der Waals surface area contributed by atoms with Gasteiger partial charge in [0.25, 0.3) is 0 Å². The molecule has 0 unspecified atom stereocenters. The first kappa shape index (κ1) is 7.68. The van der Waals surface area contributed by atoms with Gasteiger partial charge < -0.3 is 4.40 Å². The molecule has 0 saturated heterocycles. The summed E-state index contributed by atoms with van der Waals surface area (Å²) >= 11 is 0. The molecule has 0 aliphatic rings. The lowest BCUT2D eigenvalue weighted by Gasteiger charge is -2.01. The number of imidazole rings is 1. The topological polar surface area (TPSA) is 17.3 Å². The van der Waals surface area contributed by atoms with Crippen molar-refractivity contribution >= 4 is 16.5 Å². The van der Waals surface area contributed by atoms with Gasteiger partial charge in [0.1, 0.15) is 5.65 Å². The highest BCUT2D eigenvalue weighted by atomic mass is 32.2. The van der Waals surface area contributed by atoms with Gasteiger partial charge in [0.05, 0.1) is 5.03 Å². The van der Waals surface area contributed by atoms with E-state index in [9.17, 15) is 0 Å². The van der Waals surface area contributed by atoms with Crippen molar-refractivity contribution in [2.24, 2.45) is 0 Å². The molecule has 2 aromatic heterocycles. The van der Waals surface area contributed by atoms with Crippen LogP contribution in [0.25, 0.3) is 5.65 Å². The van der Waals surface area contributed by atoms with Crippen LogP contribution in [-0.2, 0) is 0 Å². The molecule has 0 atom stereocenters. The second-order valence-corrected chi connectivity index (χ2v) is 5.21. The van der Waals surface area contributed by atoms with Gasteiger partial charge in [-0.25, -0.2) is 15.9 Å². The van der Waals surface area contributed by atoms with Crippen molar-refractivity contribution in [1.29, 1.82) is 0 Å². The number of rotatable bonds is 1. The summed E-state index contributed by atoms with van der Waals surface area (Å²) in [6.07, 6.45) is 8.58. The van der Waals surface area contributed by atoms with Crippen molar-refractivity contribution in [1.82, 2.24) is 9.38 Å². The number of fused-ring (bicyclic) bond motifs is 1. The average molecular weight is 180 g/mol. The van der Waals surface area contributed by atoms with Crippen LogP contribution in [0.4, 0.5) is 0 Å². The zero-order chi connectivity index (χ0) is 8.55. The van der Waals surface area contributed by atoms with Gasteiger partial charge in [-0.05, 0) is 24.6 Å². The van der Waals surface area contributed by atoms with E-state index in [4.69, 9.17) is 0 Å². The van der Waals surface area contributed by atoms with Crippen LogP contribution in [0.3, 0.4) is 0 Å². The zero-order valence-corrected chi connectivity index (χ0v) is 8.12. The Morgan fingerprint density at radius 1 is 1.33 bits per heavy atom. The van der Waals surface area contributed by atoms with Crippen LogP contribution >= 0.6 is 10.9 Å². The summed E-state index contributed by atoms with van der Waals surface area (Å²) in [5.41, 5.74) is 1.05. The number of thiol groups is 1. The SMILES string of the molecule is C[SH](C)c1cn2ccccc2n1. The predicted octanol–water partition coefficient (Wildman–Crippen LogP) is 1.95. The normalized spacial score (nSPS) is 12.0. The number of aromatic nitrogens is 2. The summed E-state index contributed by atoms with van der Waals surface area (Å²) in [5, 5.41) is 1.22. The molecule has 12 heavy (non-hydrogen) atoms. The van der Waals surface area contributed by atoms with Crippen molar-refractivity contribution in [3.63, 3.8) is 0 Å². The Labute approximate surface area is 74.6 Å². The Balaban J connectivity index is 2.62. The van der Waals surface area contributed by atoms with Crippen LogP contribution < -0.4 is 0 Å². The molecule has 3 heteroatoms. The van der Waals surface area contributed by atoms with Crippen LogP contribution in [0.1, 0.15) is 0 Å². The summed E-state index contributed by atoms with van der Waals surface area (Å²) in [5.74, 6) is 0. The Kier molecular flexibility index (Phi) is 1.81. The molecular weight excluding hydrogens is 168 g/mol. The van der Waals surface area contributed by atoms with Crippen LogP contribution in [0.2, 0.25) is 0 Å². The van der Waals surface area contributed by atoms with E-state index in [1.54, 1.807) is 0 Å². The molecule has 2 rings (SSSR count). The average Bonchev–Trinajstić information content (AvgIpc) is 2.46. The predicted molar refractivity (Wildman–Crippen MR) is 54.3 cm³/mol. The second-order valence-electron chi connectivity index (χ2n) is 2.96. The monoisotopic (exact) mass is 180 g/mol. The number of nitrogens with zero attached hydrogens (tertiary/aromatic N) is 2. The summed E-state index contributed by atoms with van der Waals surface area (Å²) in [4.78, 5) is 4.50. The molecule has 0 aromatic carbocycles. The molecule has 0 N–H and O–H groups in total. The van der Waals surface area contributed by atoms with Crippen LogP contribution in [-0.4, -0.2) is 21.9 Å². The third-order valence-electron chi connectivity index (χ3n) is 1.81. The third kappa shape index (κ3) is 1.20. The first-order chi connectivity index (χ1) is 5.77. The van der Waals surface area contributed by atoms with Gasteiger partial charge in [0.15, 0.2) is 0 Å². The van der Waals surface area contributed by atoms with Crippen molar-refractivity contribution < 1.29 is 0 Å². The Morgan fingerprint density at radius 3 is 2.83 bits per heavy atom. The van der Waals surface area contributed by atoms with E-state index in [-0.39, 0.29) is 10.9 Å². The first-order valence-electron chi connectivity index (χ1n) is 3.88. The summed E-state index contributed by atoms with van der Waals surface area (Å²) < 4.78 is 2.07. The highest BCUT2D eigenvalue weighted by Gasteiger charge is 2.00. The van der Waals surface area contributed by atoms with Crippen molar-refractivity contribution in [3.05, 3.63) is 30.6 Å². The standard InChI is InChI=1S/C9H12N2S/c1-12(2)9-7-11-6-4-3-5-8(11)10-9/h3-7,12H,1-2H3. The summed E-state index contributed by atoms with van der Waals surface area (Å²) in [6.45, 7) is 0. The van der Waals surface area contributed by atoms with E-state index in [0.29, 0.717) is 0 Å². The summed E-state index contributed by atoms with van der Waals surface area (Å²) in [7, 11) is -0.0743. The Hall–Kier alpha value is -0.960. The van der Waals surface area contributed by atoms with Gasteiger partial charge in [-0.3, -0.25) is 0 Å². The molecule has 2 heterocycles. The molecule has 2 aromatic rings. The zero-order valence-electron chi connectivity index (χ0n) is 7.23. The van der Waals surface area contributed by atoms with Crippen molar-refractivity contribution in [2.75, 3.05) is 12.5 Å². The van der Waals surface area contributed by atoms with Crippen molar-refractivity contribution in [3.8, 4) is 0 Å². The van der Waals surface area contributed by atoms with E-state index in [2.05, 4.69) is 28.1 Å². The fourth-order valence-corrected chi connectivity index (χ4v) is 1.79. The summed E-state index contributed by atoms with van der Waals surface area (Å²) in [6, 6.07) is 6.06. The van der Waals surface area contributed by atoms with E-state index < -0.39 is 0 Å². The maximum Gasteiger partial charge on any atom is 0.137 e. The van der Waals surface area contributed by atoms with Gasteiger partial charge in [0.2, 0.25) is 0 Å².